The molecule has 1 aromatic carbocycles. The molecular formula is C23H25ClN6O5S2. The van der Waals surface area contributed by atoms with E-state index in [1.807, 2.05) is 0 Å². The maximum absolute atomic E-state index is 13.5. The average Bonchev–Trinajstić information content (AvgIpc) is 3.61. The highest BCUT2D eigenvalue weighted by Crippen LogP contribution is 2.36. The Labute approximate surface area is 224 Å². The molecule has 0 spiro atoms. The monoisotopic (exact) mass is 564 g/mol. The SMILES string of the molecule is Nc1nccc2cc(C[C@H](C(=O)O)N3CC[C@H](N(c4cnc(N5CCCC5)s4)S(=O)O)C3=O)c(Cl)cc12. The highest BCUT2D eigenvalue weighted by Gasteiger charge is 2.44. The standard InChI is InChI=1S/C23H25ClN6O5S2/c24-16-11-15-13(3-5-26-20(15)25)9-14(16)10-18(22(32)33)29-8-4-17(21(29)31)30(37(34)35)19-12-27-23(36-19)28-6-1-2-7-28/h3,5,9,11-12,17-18H,1-2,4,6-8,10H2,(H2,25,26)(H,32,33)(H,34,35)/t17-,18+/m0/s1. The third kappa shape index (κ3) is 4.96. The predicted octanol–water partition coefficient (Wildman–Crippen LogP) is 2.77. The van der Waals surface area contributed by atoms with Crippen molar-refractivity contribution in [3.63, 3.8) is 0 Å². The smallest absolute Gasteiger partial charge is 0.326 e. The van der Waals surface area contributed by atoms with E-state index in [2.05, 4.69) is 14.9 Å². The molecule has 2 aliphatic rings. The molecule has 37 heavy (non-hydrogen) atoms. The molecule has 196 valence electrons. The van der Waals surface area contributed by atoms with Crippen LogP contribution in [-0.2, 0) is 27.3 Å². The van der Waals surface area contributed by atoms with Crippen LogP contribution in [0, 0.1) is 0 Å². The summed E-state index contributed by atoms with van der Waals surface area (Å²) in [4.78, 5) is 37.5. The quantitative estimate of drug-likeness (QED) is 0.350. The Morgan fingerprint density at radius 2 is 2.05 bits per heavy atom. The number of pyridine rings is 1. The van der Waals surface area contributed by atoms with Crippen LogP contribution in [0.4, 0.5) is 16.0 Å². The Morgan fingerprint density at radius 3 is 2.76 bits per heavy atom. The van der Waals surface area contributed by atoms with E-state index >= 15 is 0 Å². The van der Waals surface area contributed by atoms with Gasteiger partial charge in [-0.05, 0) is 48.4 Å². The predicted molar refractivity (Wildman–Crippen MR) is 143 cm³/mol. The lowest BCUT2D eigenvalue weighted by Gasteiger charge is -2.27. The second-order valence-corrected chi connectivity index (χ2v) is 11.2. The molecule has 3 atom stereocenters. The van der Waals surface area contributed by atoms with Crippen molar-refractivity contribution in [2.45, 2.75) is 37.8 Å². The Bertz CT molecular complexity index is 1380. The number of nitrogens with two attached hydrogens (primary N) is 1. The molecular weight excluding hydrogens is 540 g/mol. The number of rotatable bonds is 8. The maximum atomic E-state index is 13.5. The minimum Gasteiger partial charge on any atom is -0.480 e. The first kappa shape index (κ1) is 25.6. The summed E-state index contributed by atoms with van der Waals surface area (Å²) in [5, 5.41) is 12.9. The number of likely N-dealkylation sites (tertiary alicyclic amines) is 1. The minimum atomic E-state index is -2.50. The number of aliphatic carboxylic acids is 1. The number of aromatic nitrogens is 2. The zero-order chi connectivity index (χ0) is 26.3. The molecule has 3 aromatic rings. The summed E-state index contributed by atoms with van der Waals surface area (Å²) >= 11 is 5.20. The van der Waals surface area contributed by atoms with Gasteiger partial charge in [-0.3, -0.25) is 9.35 Å². The number of carboxylic acid groups (broad SMARTS) is 1. The molecule has 0 saturated carbocycles. The number of carboxylic acids is 1. The number of hydrogen-bond donors (Lipinski definition) is 3. The van der Waals surface area contributed by atoms with Crippen molar-refractivity contribution in [2.24, 2.45) is 0 Å². The summed E-state index contributed by atoms with van der Waals surface area (Å²) in [7, 11) is 0. The van der Waals surface area contributed by atoms with Crippen LogP contribution in [0.15, 0.2) is 30.6 Å². The third-order valence-corrected chi connectivity index (χ3v) is 9.09. The van der Waals surface area contributed by atoms with E-state index in [1.165, 1.54) is 22.4 Å². The lowest BCUT2D eigenvalue weighted by Crippen LogP contribution is -2.48. The van der Waals surface area contributed by atoms with Crippen molar-refractivity contribution in [2.75, 3.05) is 34.6 Å². The molecule has 0 radical (unpaired) electrons. The average molecular weight is 565 g/mol. The molecule has 14 heteroatoms. The van der Waals surface area contributed by atoms with Gasteiger partial charge in [-0.15, -0.1) is 0 Å². The molecule has 4 N–H and O–H groups in total. The number of fused-ring (bicyclic) bond motifs is 1. The van der Waals surface area contributed by atoms with Gasteiger partial charge in [0.1, 0.15) is 22.9 Å². The van der Waals surface area contributed by atoms with Gasteiger partial charge < -0.3 is 20.6 Å². The molecule has 1 amide bonds. The van der Waals surface area contributed by atoms with E-state index in [-0.39, 0.29) is 19.4 Å². The molecule has 0 aliphatic carbocycles. The van der Waals surface area contributed by atoms with Crippen LogP contribution >= 0.6 is 22.9 Å². The van der Waals surface area contributed by atoms with E-state index in [0.29, 0.717) is 26.8 Å². The Kier molecular flexibility index (Phi) is 7.21. The number of benzene rings is 1. The molecule has 2 fully saturated rings. The summed E-state index contributed by atoms with van der Waals surface area (Å²) in [5.74, 6) is -1.41. The van der Waals surface area contributed by atoms with Crippen molar-refractivity contribution in [3.05, 3.63) is 41.2 Å². The van der Waals surface area contributed by atoms with Gasteiger partial charge in [0, 0.05) is 42.7 Å². The zero-order valence-corrected chi connectivity index (χ0v) is 22.0. The fraction of sp³-hybridized carbons (Fsp3) is 0.391. The second-order valence-electron chi connectivity index (χ2n) is 8.99. The van der Waals surface area contributed by atoms with Crippen LogP contribution < -0.4 is 14.9 Å². The highest BCUT2D eigenvalue weighted by molar-refractivity contribution is 7.81. The maximum Gasteiger partial charge on any atom is 0.326 e. The van der Waals surface area contributed by atoms with Gasteiger partial charge in [0.05, 0.1) is 6.20 Å². The van der Waals surface area contributed by atoms with Crippen molar-refractivity contribution in [1.29, 1.82) is 0 Å². The molecule has 2 aromatic heterocycles. The van der Waals surface area contributed by atoms with Gasteiger partial charge in [0.25, 0.3) is 11.3 Å². The van der Waals surface area contributed by atoms with Gasteiger partial charge in [-0.2, -0.15) is 0 Å². The molecule has 11 nitrogen and oxygen atoms in total. The lowest BCUT2D eigenvalue weighted by atomic mass is 10.0. The number of anilines is 3. The summed E-state index contributed by atoms with van der Waals surface area (Å²) in [6.45, 7) is 1.85. The zero-order valence-electron chi connectivity index (χ0n) is 19.6. The summed E-state index contributed by atoms with van der Waals surface area (Å²) < 4.78 is 23.6. The number of nitrogens with zero attached hydrogens (tertiary/aromatic N) is 5. The number of amides is 1. The van der Waals surface area contributed by atoms with E-state index in [9.17, 15) is 23.5 Å². The Morgan fingerprint density at radius 1 is 1.30 bits per heavy atom. The summed E-state index contributed by atoms with van der Waals surface area (Å²) in [6, 6.07) is 2.94. The largest absolute Gasteiger partial charge is 0.480 e. The topological polar surface area (TPSA) is 153 Å². The number of halogens is 1. The number of nitrogen functional groups attached to an aromatic ring is 1. The van der Waals surface area contributed by atoms with Gasteiger partial charge in [-0.25, -0.2) is 23.3 Å². The normalized spacial score (nSPS) is 19.5. The Balaban J connectivity index is 1.39. The van der Waals surface area contributed by atoms with E-state index in [0.717, 1.165) is 40.8 Å². The molecule has 4 heterocycles. The number of thiazole rings is 1. The van der Waals surface area contributed by atoms with Crippen molar-refractivity contribution in [1.82, 2.24) is 14.9 Å². The van der Waals surface area contributed by atoms with Crippen LogP contribution in [0.2, 0.25) is 5.02 Å². The van der Waals surface area contributed by atoms with Crippen LogP contribution in [0.1, 0.15) is 24.8 Å². The van der Waals surface area contributed by atoms with Gasteiger partial charge >= 0.3 is 5.97 Å². The second kappa shape index (κ2) is 10.4. The van der Waals surface area contributed by atoms with Crippen LogP contribution in [0.25, 0.3) is 10.8 Å². The summed E-state index contributed by atoms with van der Waals surface area (Å²) in [6.07, 6.45) is 5.32. The first-order chi connectivity index (χ1) is 17.7. The molecule has 2 saturated heterocycles. The summed E-state index contributed by atoms with van der Waals surface area (Å²) in [5.41, 5.74) is 6.47. The fourth-order valence-electron chi connectivity index (χ4n) is 4.93. The van der Waals surface area contributed by atoms with Crippen molar-refractivity contribution < 1.29 is 23.5 Å². The fourth-order valence-corrected chi connectivity index (χ4v) is 7.01. The van der Waals surface area contributed by atoms with Gasteiger partial charge in [0.2, 0.25) is 5.91 Å². The minimum absolute atomic E-state index is 0.0350. The van der Waals surface area contributed by atoms with Crippen LogP contribution in [0.3, 0.4) is 0 Å². The van der Waals surface area contributed by atoms with Crippen molar-refractivity contribution in [3.8, 4) is 0 Å². The molecule has 0 bridgehead atoms. The van der Waals surface area contributed by atoms with E-state index in [1.54, 1.807) is 24.4 Å². The molecule has 5 rings (SSSR count). The van der Waals surface area contributed by atoms with Gasteiger partial charge in [-0.1, -0.05) is 22.9 Å². The molecule has 1 unspecified atom stereocenters. The molecule has 2 aliphatic heterocycles. The van der Waals surface area contributed by atoms with E-state index in [4.69, 9.17) is 17.3 Å². The lowest BCUT2D eigenvalue weighted by molar-refractivity contribution is -0.148. The third-order valence-electron chi connectivity index (χ3n) is 6.77. The van der Waals surface area contributed by atoms with Crippen molar-refractivity contribution >= 4 is 72.8 Å². The van der Waals surface area contributed by atoms with Crippen LogP contribution in [0.5, 0.6) is 0 Å². The number of carbonyl (C=O) groups is 2. The highest BCUT2D eigenvalue weighted by atomic mass is 35.5. The first-order valence-corrected chi connectivity index (χ1v) is 14.0. The first-order valence-electron chi connectivity index (χ1n) is 11.7. The number of hydrogen-bond acceptors (Lipinski definition) is 8. The van der Waals surface area contributed by atoms with Crippen LogP contribution in [-0.4, -0.2) is 72.3 Å². The van der Waals surface area contributed by atoms with Gasteiger partial charge in [0.15, 0.2) is 5.13 Å². The van der Waals surface area contributed by atoms with E-state index < -0.39 is 35.2 Å². The number of carbonyl (C=O) groups excluding carboxylic acids is 1. The Hall–Kier alpha value is -3.00.